The second-order valence-corrected chi connectivity index (χ2v) is 8.85. The van der Waals surface area contributed by atoms with E-state index >= 15 is 0 Å². The van der Waals surface area contributed by atoms with Crippen LogP contribution in [0.1, 0.15) is 51.8 Å². The van der Waals surface area contributed by atoms with Crippen molar-refractivity contribution in [1.29, 1.82) is 0 Å². The molecule has 3 aromatic rings. The maximum absolute atomic E-state index is 13.4. The van der Waals surface area contributed by atoms with Crippen LogP contribution in [-0.2, 0) is 24.6 Å². The topological polar surface area (TPSA) is 134 Å². The molecule has 1 fully saturated rings. The first kappa shape index (κ1) is 24.9. The average Bonchev–Trinajstić information content (AvgIpc) is 3.55. The Labute approximate surface area is 208 Å². The lowest BCUT2D eigenvalue weighted by atomic mass is 10.1. The Balaban J connectivity index is 1.50. The van der Waals surface area contributed by atoms with Crippen LogP contribution in [0.2, 0.25) is 5.02 Å². The van der Waals surface area contributed by atoms with E-state index in [0.717, 1.165) is 11.1 Å². The lowest BCUT2D eigenvalue weighted by Crippen LogP contribution is -2.46. The molecular formula is C25H28ClN5O4. The number of benzene rings is 1. The van der Waals surface area contributed by atoms with E-state index in [1.807, 2.05) is 6.07 Å². The van der Waals surface area contributed by atoms with Crippen molar-refractivity contribution in [2.75, 3.05) is 6.54 Å². The number of aromatic nitrogens is 2. The Morgan fingerprint density at radius 2 is 2.06 bits per heavy atom. The SMILES string of the molecule is NCc1ccc(Cl)cc1CNC(=O)[C@@H]1CCCN1C(=O)c1cc(C(O)c2ccccn2)cn1CO. The van der Waals surface area contributed by atoms with Gasteiger partial charge in [0.25, 0.3) is 5.91 Å². The van der Waals surface area contributed by atoms with Gasteiger partial charge >= 0.3 is 0 Å². The Morgan fingerprint density at radius 1 is 1.23 bits per heavy atom. The highest BCUT2D eigenvalue weighted by atomic mass is 35.5. The number of nitrogens with two attached hydrogens (primary N) is 1. The van der Waals surface area contributed by atoms with Crippen LogP contribution in [0.3, 0.4) is 0 Å². The van der Waals surface area contributed by atoms with Crippen molar-refractivity contribution in [2.24, 2.45) is 5.73 Å². The monoisotopic (exact) mass is 497 g/mol. The zero-order chi connectivity index (χ0) is 24.9. The van der Waals surface area contributed by atoms with E-state index in [0.29, 0.717) is 42.2 Å². The fourth-order valence-corrected chi connectivity index (χ4v) is 4.57. The summed E-state index contributed by atoms with van der Waals surface area (Å²) in [5, 5.41) is 24.0. The summed E-state index contributed by atoms with van der Waals surface area (Å²) in [7, 11) is 0. The Bertz CT molecular complexity index is 1200. The van der Waals surface area contributed by atoms with Crippen LogP contribution >= 0.6 is 11.6 Å². The summed E-state index contributed by atoms with van der Waals surface area (Å²) in [5.41, 5.74) is 8.55. The zero-order valence-corrected chi connectivity index (χ0v) is 19.9. The van der Waals surface area contributed by atoms with E-state index in [1.165, 1.54) is 21.7 Å². The molecule has 0 spiro atoms. The van der Waals surface area contributed by atoms with Crippen LogP contribution in [0, 0.1) is 0 Å². The highest BCUT2D eigenvalue weighted by molar-refractivity contribution is 6.30. The third-order valence-electron chi connectivity index (χ3n) is 6.23. The molecule has 5 N–H and O–H groups in total. The van der Waals surface area contributed by atoms with E-state index in [-0.39, 0.29) is 24.1 Å². The van der Waals surface area contributed by atoms with Crippen LogP contribution in [0.4, 0.5) is 0 Å². The molecule has 35 heavy (non-hydrogen) atoms. The number of rotatable bonds is 8. The lowest BCUT2D eigenvalue weighted by molar-refractivity contribution is -0.125. The Kier molecular flexibility index (Phi) is 7.82. The second kappa shape index (κ2) is 11.0. The number of pyridine rings is 1. The van der Waals surface area contributed by atoms with Gasteiger partial charge in [-0.05, 0) is 54.3 Å². The fraction of sp³-hybridized carbons (Fsp3) is 0.320. The van der Waals surface area contributed by atoms with Gasteiger partial charge < -0.3 is 30.7 Å². The minimum absolute atomic E-state index is 0.192. The van der Waals surface area contributed by atoms with Crippen molar-refractivity contribution >= 4 is 23.4 Å². The summed E-state index contributed by atoms with van der Waals surface area (Å²) in [6.45, 7) is 0.535. The highest BCUT2D eigenvalue weighted by Crippen LogP contribution is 2.26. The fourth-order valence-electron chi connectivity index (χ4n) is 4.37. The number of amides is 2. The second-order valence-electron chi connectivity index (χ2n) is 8.42. The third kappa shape index (κ3) is 5.38. The first-order valence-electron chi connectivity index (χ1n) is 11.4. The summed E-state index contributed by atoms with van der Waals surface area (Å²) in [4.78, 5) is 32.1. The van der Waals surface area contributed by atoms with Gasteiger partial charge in [0.2, 0.25) is 5.91 Å². The molecule has 2 atom stereocenters. The molecule has 2 aromatic heterocycles. The van der Waals surface area contributed by atoms with E-state index in [2.05, 4.69) is 10.3 Å². The van der Waals surface area contributed by atoms with Gasteiger partial charge in [-0.2, -0.15) is 0 Å². The molecule has 10 heteroatoms. The number of nitrogens with one attached hydrogen (secondary N) is 1. The summed E-state index contributed by atoms with van der Waals surface area (Å²) >= 11 is 6.09. The standard InChI is InChI=1S/C25H28ClN5O4/c26-19-7-6-16(12-27)17(10-19)13-29-24(34)21-5-3-9-31(21)25(35)22-11-18(14-30(22)15-32)23(33)20-4-1-2-8-28-20/h1-2,4,6-8,10-11,14,21,23,32-33H,3,5,9,12-13,15,27H2,(H,29,34)/t21-,23?/m0/s1. The Hall–Kier alpha value is -3.24. The number of carbonyl (C=O) groups excluding carboxylic acids is 2. The number of likely N-dealkylation sites (tertiary alicyclic amines) is 1. The number of hydrogen-bond acceptors (Lipinski definition) is 6. The molecule has 1 aliphatic rings. The molecule has 0 aliphatic carbocycles. The first-order chi connectivity index (χ1) is 16.9. The quantitative estimate of drug-likeness (QED) is 0.376. The molecule has 0 bridgehead atoms. The van der Waals surface area contributed by atoms with Gasteiger partial charge in [0.15, 0.2) is 0 Å². The predicted molar refractivity (Wildman–Crippen MR) is 130 cm³/mol. The largest absolute Gasteiger partial charge is 0.382 e. The average molecular weight is 498 g/mol. The van der Waals surface area contributed by atoms with E-state index in [1.54, 1.807) is 36.5 Å². The normalized spacial score (nSPS) is 16.3. The van der Waals surface area contributed by atoms with E-state index in [4.69, 9.17) is 17.3 Å². The van der Waals surface area contributed by atoms with Crippen LogP contribution in [0.15, 0.2) is 54.9 Å². The summed E-state index contributed by atoms with van der Waals surface area (Å²) < 4.78 is 1.36. The molecular weight excluding hydrogens is 470 g/mol. The van der Waals surface area contributed by atoms with Gasteiger partial charge in [0.05, 0.1) is 5.69 Å². The van der Waals surface area contributed by atoms with Crippen molar-refractivity contribution in [3.8, 4) is 0 Å². The van der Waals surface area contributed by atoms with Gasteiger partial charge in [-0.1, -0.05) is 23.7 Å². The van der Waals surface area contributed by atoms with Crippen LogP contribution in [0.5, 0.6) is 0 Å². The molecule has 1 unspecified atom stereocenters. The molecule has 9 nitrogen and oxygen atoms in total. The number of aliphatic hydroxyl groups excluding tert-OH is 2. The number of halogens is 1. The number of carbonyl (C=O) groups is 2. The van der Waals surface area contributed by atoms with Gasteiger partial charge in [-0.15, -0.1) is 0 Å². The maximum Gasteiger partial charge on any atom is 0.271 e. The zero-order valence-electron chi connectivity index (χ0n) is 19.1. The predicted octanol–water partition coefficient (Wildman–Crippen LogP) is 1.95. The molecule has 184 valence electrons. The maximum atomic E-state index is 13.4. The molecule has 3 heterocycles. The van der Waals surface area contributed by atoms with Crippen LogP contribution in [0.25, 0.3) is 0 Å². The number of aliphatic hydroxyl groups is 2. The molecule has 1 aromatic carbocycles. The first-order valence-corrected chi connectivity index (χ1v) is 11.8. The Morgan fingerprint density at radius 3 is 2.77 bits per heavy atom. The van der Waals surface area contributed by atoms with Crippen molar-refractivity contribution in [1.82, 2.24) is 19.8 Å². The van der Waals surface area contributed by atoms with Crippen molar-refractivity contribution in [3.05, 3.63) is 88.0 Å². The minimum atomic E-state index is -1.05. The van der Waals surface area contributed by atoms with Gasteiger partial charge in [-0.3, -0.25) is 14.6 Å². The molecule has 4 rings (SSSR count). The smallest absolute Gasteiger partial charge is 0.271 e. The highest BCUT2D eigenvalue weighted by Gasteiger charge is 2.36. The summed E-state index contributed by atoms with van der Waals surface area (Å²) in [5.74, 6) is -0.656. The van der Waals surface area contributed by atoms with E-state index < -0.39 is 18.9 Å². The molecule has 1 aliphatic heterocycles. The van der Waals surface area contributed by atoms with Crippen molar-refractivity contribution in [2.45, 2.75) is 44.8 Å². The lowest BCUT2D eigenvalue weighted by Gasteiger charge is -2.24. The molecule has 0 radical (unpaired) electrons. The van der Waals surface area contributed by atoms with E-state index in [9.17, 15) is 19.8 Å². The molecule has 0 saturated carbocycles. The van der Waals surface area contributed by atoms with Crippen molar-refractivity contribution < 1.29 is 19.8 Å². The number of hydrogen-bond donors (Lipinski definition) is 4. The van der Waals surface area contributed by atoms with Crippen LogP contribution in [-0.4, -0.2) is 49.1 Å². The summed E-state index contributed by atoms with van der Waals surface area (Å²) in [6.07, 6.45) is 3.24. The van der Waals surface area contributed by atoms with Crippen LogP contribution < -0.4 is 11.1 Å². The third-order valence-corrected chi connectivity index (χ3v) is 6.47. The number of nitrogens with zero attached hydrogens (tertiary/aromatic N) is 3. The van der Waals surface area contributed by atoms with Gasteiger partial charge in [0.1, 0.15) is 24.6 Å². The van der Waals surface area contributed by atoms with Gasteiger partial charge in [-0.25, -0.2) is 0 Å². The molecule has 2 amide bonds. The summed E-state index contributed by atoms with van der Waals surface area (Å²) in [6, 6.07) is 11.4. The van der Waals surface area contributed by atoms with Crippen molar-refractivity contribution in [3.63, 3.8) is 0 Å². The minimum Gasteiger partial charge on any atom is -0.382 e. The van der Waals surface area contributed by atoms with Gasteiger partial charge in [0, 0.05) is 42.6 Å². The molecule has 1 saturated heterocycles.